The average Bonchev–Trinajstić information content (AvgIpc) is 2.52. The number of carbonyl (C=O) groups excluding carboxylic acids is 1. The topological polar surface area (TPSA) is 57.2 Å². The van der Waals surface area contributed by atoms with Gasteiger partial charge >= 0.3 is 6.09 Å². The van der Waals surface area contributed by atoms with Crippen LogP contribution in [0.2, 0.25) is 0 Å². The smallest absolute Gasteiger partial charge is 0.418 e. The monoisotopic (exact) mass is 182 g/mol. The van der Waals surface area contributed by atoms with Gasteiger partial charge in [0, 0.05) is 18.1 Å². The third-order valence-corrected chi connectivity index (χ3v) is 1.65. The molecule has 72 valence electrons. The number of carbonyl (C=O) groups is 1. The van der Waals surface area contributed by atoms with Crippen LogP contribution in [0.4, 0.5) is 10.5 Å². The van der Waals surface area contributed by atoms with Crippen LogP contribution in [0.5, 0.6) is 0 Å². The van der Waals surface area contributed by atoms with E-state index in [0.29, 0.717) is 12.3 Å². The molecule has 0 aliphatic rings. The van der Waals surface area contributed by atoms with Crippen LogP contribution < -0.4 is 5.73 Å². The van der Waals surface area contributed by atoms with Crippen LogP contribution in [0.15, 0.2) is 18.5 Å². The molecule has 0 saturated heterocycles. The number of unbranched alkanes of at least 4 members (excludes halogenated alkanes) is 1. The van der Waals surface area contributed by atoms with Crippen LogP contribution in [0.1, 0.15) is 19.8 Å². The van der Waals surface area contributed by atoms with Gasteiger partial charge in [0.2, 0.25) is 0 Å². The Morgan fingerprint density at radius 1 is 1.69 bits per heavy atom. The second-order valence-corrected chi connectivity index (χ2v) is 2.82. The minimum absolute atomic E-state index is 0.370. The number of hydrogen-bond acceptors (Lipinski definition) is 3. The van der Waals surface area contributed by atoms with Crippen molar-refractivity contribution in [3.8, 4) is 0 Å². The molecule has 13 heavy (non-hydrogen) atoms. The number of rotatable bonds is 3. The van der Waals surface area contributed by atoms with Crippen LogP contribution in [0.25, 0.3) is 0 Å². The van der Waals surface area contributed by atoms with E-state index in [1.807, 2.05) is 6.92 Å². The van der Waals surface area contributed by atoms with E-state index in [-0.39, 0.29) is 6.09 Å². The van der Waals surface area contributed by atoms with Gasteiger partial charge in [-0.1, -0.05) is 13.3 Å². The zero-order valence-corrected chi connectivity index (χ0v) is 7.69. The molecule has 4 heteroatoms. The van der Waals surface area contributed by atoms with E-state index in [9.17, 15) is 4.79 Å². The van der Waals surface area contributed by atoms with Crippen molar-refractivity contribution < 1.29 is 9.53 Å². The second-order valence-electron chi connectivity index (χ2n) is 2.82. The van der Waals surface area contributed by atoms with Crippen LogP contribution in [-0.4, -0.2) is 17.3 Å². The van der Waals surface area contributed by atoms with Gasteiger partial charge in [-0.2, -0.15) is 0 Å². The zero-order valence-electron chi connectivity index (χ0n) is 7.69. The molecule has 0 atom stereocenters. The van der Waals surface area contributed by atoms with Crippen molar-refractivity contribution in [2.45, 2.75) is 19.8 Å². The number of nitrogens with two attached hydrogens (primary N) is 1. The molecule has 0 aliphatic heterocycles. The van der Waals surface area contributed by atoms with Gasteiger partial charge in [0.25, 0.3) is 0 Å². The number of nitrogens with zero attached hydrogens (tertiary/aromatic N) is 1. The number of nitrogen functional groups attached to an aromatic ring is 1. The molecule has 0 unspecified atom stereocenters. The minimum atomic E-state index is -0.370. The highest BCUT2D eigenvalue weighted by atomic mass is 16.5. The summed E-state index contributed by atoms with van der Waals surface area (Å²) in [7, 11) is 0. The summed E-state index contributed by atoms with van der Waals surface area (Å²) < 4.78 is 6.29. The lowest BCUT2D eigenvalue weighted by atomic mass is 10.4. The third-order valence-electron chi connectivity index (χ3n) is 1.65. The van der Waals surface area contributed by atoms with Crippen LogP contribution in [-0.2, 0) is 4.74 Å². The summed E-state index contributed by atoms with van der Waals surface area (Å²) in [5.41, 5.74) is 6.01. The van der Waals surface area contributed by atoms with Crippen LogP contribution >= 0.6 is 0 Å². The largest absolute Gasteiger partial charge is 0.449 e. The normalized spacial score (nSPS) is 9.92. The Morgan fingerprint density at radius 3 is 3.00 bits per heavy atom. The fourth-order valence-electron chi connectivity index (χ4n) is 0.905. The molecular weight excluding hydrogens is 168 g/mol. The molecule has 0 amide bonds. The highest BCUT2D eigenvalue weighted by molar-refractivity contribution is 5.71. The van der Waals surface area contributed by atoms with Crippen LogP contribution in [0.3, 0.4) is 0 Å². The lowest BCUT2D eigenvalue weighted by molar-refractivity contribution is 0.146. The number of aromatic nitrogens is 1. The van der Waals surface area contributed by atoms with E-state index < -0.39 is 0 Å². The van der Waals surface area contributed by atoms with E-state index in [1.54, 1.807) is 12.3 Å². The maximum atomic E-state index is 11.2. The molecule has 2 N–H and O–H groups in total. The molecule has 0 spiro atoms. The first-order chi connectivity index (χ1) is 6.24. The van der Waals surface area contributed by atoms with Crippen LogP contribution in [0, 0.1) is 0 Å². The van der Waals surface area contributed by atoms with Gasteiger partial charge in [-0.05, 0) is 12.5 Å². The van der Waals surface area contributed by atoms with Gasteiger partial charge < -0.3 is 10.5 Å². The van der Waals surface area contributed by atoms with Crippen molar-refractivity contribution in [3.63, 3.8) is 0 Å². The number of ether oxygens (including phenoxy) is 1. The first-order valence-electron chi connectivity index (χ1n) is 4.34. The molecule has 0 aromatic carbocycles. The van der Waals surface area contributed by atoms with Crippen molar-refractivity contribution in [1.29, 1.82) is 0 Å². The van der Waals surface area contributed by atoms with E-state index in [2.05, 4.69) is 0 Å². The highest BCUT2D eigenvalue weighted by Gasteiger charge is 2.04. The Bertz CT molecular complexity index is 281. The Balaban J connectivity index is 2.40. The SMILES string of the molecule is CCCCOC(=O)n1ccc(N)c1. The zero-order chi connectivity index (χ0) is 9.68. The molecule has 0 fully saturated rings. The van der Waals surface area contributed by atoms with E-state index >= 15 is 0 Å². The van der Waals surface area contributed by atoms with Crippen molar-refractivity contribution >= 4 is 11.8 Å². The summed E-state index contributed by atoms with van der Waals surface area (Å²) in [6, 6.07) is 1.65. The lowest BCUT2D eigenvalue weighted by Crippen LogP contribution is -2.12. The van der Waals surface area contributed by atoms with E-state index in [0.717, 1.165) is 12.8 Å². The van der Waals surface area contributed by atoms with Gasteiger partial charge in [-0.3, -0.25) is 4.57 Å². The van der Waals surface area contributed by atoms with Gasteiger partial charge in [-0.25, -0.2) is 4.79 Å². The van der Waals surface area contributed by atoms with E-state index in [4.69, 9.17) is 10.5 Å². The molecular formula is C9H14N2O2. The quantitative estimate of drug-likeness (QED) is 0.726. The van der Waals surface area contributed by atoms with Crippen molar-refractivity contribution in [3.05, 3.63) is 18.5 Å². The van der Waals surface area contributed by atoms with Gasteiger partial charge in [0.1, 0.15) is 0 Å². The number of hydrogen-bond donors (Lipinski definition) is 1. The summed E-state index contributed by atoms with van der Waals surface area (Å²) in [4.78, 5) is 11.2. The third kappa shape index (κ3) is 2.82. The maximum Gasteiger partial charge on any atom is 0.418 e. The Hall–Kier alpha value is -1.45. The Kier molecular flexibility index (Phi) is 3.37. The molecule has 0 radical (unpaired) electrons. The van der Waals surface area contributed by atoms with Crippen molar-refractivity contribution in [1.82, 2.24) is 4.57 Å². The van der Waals surface area contributed by atoms with E-state index in [1.165, 1.54) is 10.8 Å². The summed E-state index contributed by atoms with van der Waals surface area (Å²) in [6.45, 7) is 2.51. The van der Waals surface area contributed by atoms with Gasteiger partial charge in [0.05, 0.1) is 6.61 Å². The minimum Gasteiger partial charge on any atom is -0.449 e. The first-order valence-corrected chi connectivity index (χ1v) is 4.34. The molecule has 0 saturated carbocycles. The standard InChI is InChI=1S/C9H14N2O2/c1-2-3-6-13-9(12)11-5-4-8(10)7-11/h4-5,7H,2-3,6,10H2,1H3. The fraction of sp³-hybridized carbons (Fsp3) is 0.444. The van der Waals surface area contributed by atoms with Crippen molar-refractivity contribution in [2.24, 2.45) is 0 Å². The summed E-state index contributed by atoms with van der Waals surface area (Å²) in [6.07, 6.45) is 4.66. The second kappa shape index (κ2) is 4.54. The molecule has 1 aromatic heterocycles. The number of anilines is 1. The Morgan fingerprint density at radius 2 is 2.46 bits per heavy atom. The molecule has 0 bridgehead atoms. The fourth-order valence-corrected chi connectivity index (χ4v) is 0.905. The van der Waals surface area contributed by atoms with Crippen molar-refractivity contribution in [2.75, 3.05) is 12.3 Å². The summed E-state index contributed by atoms with van der Waals surface area (Å²) >= 11 is 0. The summed E-state index contributed by atoms with van der Waals surface area (Å²) in [5.74, 6) is 0. The highest BCUT2D eigenvalue weighted by Crippen LogP contribution is 2.03. The molecule has 1 aromatic rings. The van der Waals surface area contributed by atoms with Gasteiger partial charge in [-0.15, -0.1) is 0 Å². The molecule has 0 aliphatic carbocycles. The predicted octanol–water partition coefficient (Wildman–Crippen LogP) is 1.86. The Labute approximate surface area is 77.3 Å². The molecule has 1 rings (SSSR count). The maximum absolute atomic E-state index is 11.2. The summed E-state index contributed by atoms with van der Waals surface area (Å²) in [5, 5.41) is 0. The average molecular weight is 182 g/mol. The van der Waals surface area contributed by atoms with Gasteiger partial charge in [0.15, 0.2) is 0 Å². The molecule has 4 nitrogen and oxygen atoms in total. The molecule has 1 heterocycles. The first kappa shape index (κ1) is 9.64. The predicted molar refractivity (Wildman–Crippen MR) is 50.5 cm³/mol. The lowest BCUT2D eigenvalue weighted by Gasteiger charge is -2.02.